The average molecular weight is 471 g/mol. The first-order valence-electron chi connectivity index (χ1n) is 11.7. The van der Waals surface area contributed by atoms with Gasteiger partial charge < -0.3 is 15.1 Å². The van der Waals surface area contributed by atoms with Crippen molar-refractivity contribution in [1.29, 1.82) is 0 Å². The molecule has 2 aliphatic rings. The Kier molecular flexibility index (Phi) is 7.95. The van der Waals surface area contributed by atoms with Gasteiger partial charge in [-0.2, -0.15) is 0 Å². The van der Waals surface area contributed by atoms with Crippen LogP contribution in [0.4, 0.5) is 10.8 Å². The third kappa shape index (κ3) is 6.31. The maximum Gasteiger partial charge on any atom is 0.238 e. The number of thiazole rings is 1. The van der Waals surface area contributed by atoms with Crippen LogP contribution < -0.4 is 10.2 Å². The Balaban J connectivity index is 1.19. The number of hydrogen-bond acceptors (Lipinski definition) is 7. The predicted molar refractivity (Wildman–Crippen MR) is 133 cm³/mol. The van der Waals surface area contributed by atoms with Gasteiger partial charge in [0.25, 0.3) is 0 Å². The Bertz CT molecular complexity index is 922. The summed E-state index contributed by atoms with van der Waals surface area (Å²) >= 11 is 1.67. The van der Waals surface area contributed by atoms with Crippen LogP contribution in [-0.2, 0) is 9.59 Å². The number of nitrogens with one attached hydrogen (secondary N) is 1. The first kappa shape index (κ1) is 23.7. The molecule has 1 N–H and O–H groups in total. The van der Waals surface area contributed by atoms with Crippen molar-refractivity contribution in [3.05, 3.63) is 40.9 Å². The van der Waals surface area contributed by atoms with E-state index >= 15 is 0 Å². The zero-order chi connectivity index (χ0) is 23.2. The van der Waals surface area contributed by atoms with Gasteiger partial charge in [0.15, 0.2) is 5.13 Å². The van der Waals surface area contributed by atoms with Gasteiger partial charge in [-0.05, 0) is 31.4 Å². The van der Waals surface area contributed by atoms with Gasteiger partial charge in [0, 0.05) is 69.6 Å². The van der Waals surface area contributed by atoms with E-state index in [-0.39, 0.29) is 11.8 Å². The average Bonchev–Trinajstić information content (AvgIpc) is 3.24. The lowest BCUT2D eigenvalue weighted by atomic mass is 10.1. The molecule has 0 bridgehead atoms. The van der Waals surface area contributed by atoms with E-state index in [1.54, 1.807) is 11.3 Å². The van der Waals surface area contributed by atoms with Crippen LogP contribution in [0.25, 0.3) is 0 Å². The molecule has 1 aromatic heterocycles. The van der Waals surface area contributed by atoms with Crippen LogP contribution in [0.2, 0.25) is 0 Å². The molecule has 9 heteroatoms. The van der Waals surface area contributed by atoms with Crippen molar-refractivity contribution >= 4 is 34.0 Å². The van der Waals surface area contributed by atoms with Gasteiger partial charge in [0.2, 0.25) is 11.8 Å². The normalized spacial score (nSPS) is 18.2. The summed E-state index contributed by atoms with van der Waals surface area (Å²) in [6.45, 7) is 11.4. The minimum absolute atomic E-state index is 0.00141. The minimum Gasteiger partial charge on any atom is -0.347 e. The molecule has 2 saturated heterocycles. The van der Waals surface area contributed by atoms with Crippen LogP contribution in [0.1, 0.15) is 17.5 Å². The van der Waals surface area contributed by atoms with Gasteiger partial charge in [-0.15, -0.1) is 11.3 Å². The molecule has 0 spiro atoms. The lowest BCUT2D eigenvalue weighted by Crippen LogP contribution is -2.52. The molecule has 0 saturated carbocycles. The second kappa shape index (κ2) is 11.1. The number of aryl methyl sites for hydroxylation is 2. The number of carbonyl (C=O) groups is 2. The predicted octanol–water partition coefficient (Wildman–Crippen LogP) is 2.05. The Morgan fingerprint density at radius 1 is 0.939 bits per heavy atom. The molecule has 2 amide bonds. The first-order chi connectivity index (χ1) is 16.0. The molecular formula is C24H34N6O2S. The summed E-state index contributed by atoms with van der Waals surface area (Å²) in [7, 11) is 0. The molecule has 2 aromatic rings. The zero-order valence-electron chi connectivity index (χ0n) is 19.6. The second-order valence-electron chi connectivity index (χ2n) is 8.90. The molecule has 178 valence electrons. The number of benzene rings is 1. The highest BCUT2D eigenvalue weighted by molar-refractivity contribution is 7.13. The Morgan fingerprint density at radius 3 is 2.33 bits per heavy atom. The van der Waals surface area contributed by atoms with E-state index in [0.29, 0.717) is 26.2 Å². The summed E-state index contributed by atoms with van der Waals surface area (Å²) in [5.41, 5.74) is 3.05. The van der Waals surface area contributed by atoms with E-state index in [1.165, 1.54) is 0 Å². The fraction of sp³-hybridized carbons (Fsp3) is 0.542. The topological polar surface area (TPSA) is 72.0 Å². The summed E-state index contributed by atoms with van der Waals surface area (Å²) in [6.07, 6.45) is 2.88. The molecule has 8 nitrogen and oxygen atoms in total. The highest BCUT2D eigenvalue weighted by Crippen LogP contribution is 2.20. The Morgan fingerprint density at radius 2 is 1.64 bits per heavy atom. The highest BCUT2D eigenvalue weighted by Gasteiger charge is 2.25. The fourth-order valence-corrected chi connectivity index (χ4v) is 5.23. The monoisotopic (exact) mass is 470 g/mol. The Labute approximate surface area is 200 Å². The molecule has 0 radical (unpaired) electrons. The number of amides is 2. The molecular weight excluding hydrogens is 436 g/mol. The van der Waals surface area contributed by atoms with Crippen molar-refractivity contribution in [3.8, 4) is 0 Å². The summed E-state index contributed by atoms with van der Waals surface area (Å²) in [4.78, 5) is 38.5. The molecule has 2 fully saturated rings. The maximum atomic E-state index is 12.9. The van der Waals surface area contributed by atoms with Crippen LogP contribution >= 0.6 is 11.3 Å². The Hall–Kier alpha value is -2.49. The second-order valence-corrected chi connectivity index (χ2v) is 9.78. The summed E-state index contributed by atoms with van der Waals surface area (Å²) in [5.74, 6) is 0.193. The van der Waals surface area contributed by atoms with Gasteiger partial charge in [-0.3, -0.25) is 19.4 Å². The number of para-hydroxylation sites is 1. The number of piperazine rings is 1. The fourth-order valence-electron chi connectivity index (χ4n) is 4.53. The first-order valence-corrected chi connectivity index (χ1v) is 12.6. The molecule has 33 heavy (non-hydrogen) atoms. The number of rotatable bonds is 6. The number of aromatic nitrogens is 1. The van der Waals surface area contributed by atoms with E-state index in [1.807, 2.05) is 48.5 Å². The lowest BCUT2D eigenvalue weighted by Gasteiger charge is -2.35. The standard InChI is InChI=1S/C24H34N6O2S/c1-19-5-3-6-20(2)23(19)26-21(31)17-28-10-13-29(14-11-28)22(32)18-27-8-4-9-30(15-12-27)24-25-7-16-33-24/h3,5-7,16H,4,8-15,17-18H2,1-2H3,(H,26,31). The number of nitrogens with zero attached hydrogens (tertiary/aromatic N) is 5. The molecule has 1 aromatic carbocycles. The zero-order valence-corrected chi connectivity index (χ0v) is 20.4. The lowest BCUT2D eigenvalue weighted by molar-refractivity contribution is -0.134. The number of carbonyl (C=O) groups excluding carboxylic acids is 2. The van der Waals surface area contributed by atoms with E-state index < -0.39 is 0 Å². The molecule has 2 aliphatic heterocycles. The van der Waals surface area contributed by atoms with Crippen LogP contribution in [0.3, 0.4) is 0 Å². The SMILES string of the molecule is Cc1cccc(C)c1NC(=O)CN1CCN(C(=O)CN2CCCN(c3nccs3)CC2)CC1. The molecule has 0 aliphatic carbocycles. The largest absolute Gasteiger partial charge is 0.347 e. The summed E-state index contributed by atoms with van der Waals surface area (Å²) < 4.78 is 0. The highest BCUT2D eigenvalue weighted by atomic mass is 32.1. The van der Waals surface area contributed by atoms with E-state index in [0.717, 1.165) is 67.6 Å². The maximum absolute atomic E-state index is 12.9. The molecule has 0 atom stereocenters. The third-order valence-electron chi connectivity index (χ3n) is 6.47. The smallest absolute Gasteiger partial charge is 0.238 e. The van der Waals surface area contributed by atoms with Gasteiger partial charge in [-0.25, -0.2) is 4.98 Å². The van der Waals surface area contributed by atoms with Crippen LogP contribution in [0, 0.1) is 13.8 Å². The van der Waals surface area contributed by atoms with Gasteiger partial charge >= 0.3 is 0 Å². The van der Waals surface area contributed by atoms with Crippen molar-refractivity contribution < 1.29 is 9.59 Å². The minimum atomic E-state index is 0.00141. The molecule has 4 rings (SSSR count). The van der Waals surface area contributed by atoms with E-state index in [2.05, 4.69) is 25.0 Å². The summed E-state index contributed by atoms with van der Waals surface area (Å²) in [6, 6.07) is 6.01. The van der Waals surface area contributed by atoms with Crippen molar-refractivity contribution in [3.63, 3.8) is 0 Å². The van der Waals surface area contributed by atoms with Gasteiger partial charge in [0.1, 0.15) is 0 Å². The molecule has 3 heterocycles. The van der Waals surface area contributed by atoms with Gasteiger partial charge in [-0.1, -0.05) is 18.2 Å². The van der Waals surface area contributed by atoms with Crippen LogP contribution in [0.15, 0.2) is 29.8 Å². The van der Waals surface area contributed by atoms with Crippen LogP contribution in [-0.4, -0.2) is 96.9 Å². The number of hydrogen-bond donors (Lipinski definition) is 1. The quantitative estimate of drug-likeness (QED) is 0.697. The van der Waals surface area contributed by atoms with Crippen LogP contribution in [0.5, 0.6) is 0 Å². The van der Waals surface area contributed by atoms with Crippen molar-refractivity contribution in [2.24, 2.45) is 0 Å². The van der Waals surface area contributed by atoms with E-state index in [9.17, 15) is 9.59 Å². The van der Waals surface area contributed by atoms with E-state index in [4.69, 9.17) is 0 Å². The third-order valence-corrected chi connectivity index (χ3v) is 7.31. The molecule has 0 unspecified atom stereocenters. The summed E-state index contributed by atoms with van der Waals surface area (Å²) in [5, 5.41) is 6.14. The number of anilines is 2. The van der Waals surface area contributed by atoms with Gasteiger partial charge in [0.05, 0.1) is 13.1 Å². The van der Waals surface area contributed by atoms with Crippen molar-refractivity contribution in [1.82, 2.24) is 19.7 Å². The van der Waals surface area contributed by atoms with Crippen molar-refractivity contribution in [2.45, 2.75) is 20.3 Å². The van der Waals surface area contributed by atoms with Crippen molar-refractivity contribution in [2.75, 3.05) is 75.7 Å².